The molecule has 2 amide bonds. The van der Waals surface area contributed by atoms with Gasteiger partial charge in [0.05, 0.1) is 16.3 Å². The van der Waals surface area contributed by atoms with Crippen molar-refractivity contribution in [1.82, 2.24) is 20.6 Å². The van der Waals surface area contributed by atoms with Crippen LogP contribution in [0.5, 0.6) is 5.75 Å². The number of allylic oxidation sites excluding steroid dienone is 1. The van der Waals surface area contributed by atoms with Crippen LogP contribution in [0.4, 0.5) is 23.9 Å². The van der Waals surface area contributed by atoms with Crippen LogP contribution in [0.25, 0.3) is 6.08 Å². The number of anilines is 1. The molecular formula is C28H29F3N6O3S. The van der Waals surface area contributed by atoms with Crippen molar-refractivity contribution in [2.75, 3.05) is 11.9 Å². The van der Waals surface area contributed by atoms with E-state index in [1.807, 2.05) is 13.0 Å². The van der Waals surface area contributed by atoms with Crippen LogP contribution in [0, 0.1) is 0 Å². The topological polar surface area (TPSA) is 118 Å². The van der Waals surface area contributed by atoms with Crippen LogP contribution >= 0.6 is 11.8 Å². The number of thioether (sulfide) groups is 1. The lowest BCUT2D eigenvalue weighted by molar-refractivity contribution is -0.274. The standard InChI is InChI=1S/C28H29F3N6O3S/c1-3-17(24(32-4-2)18-6-5-7-22(14-18)40-28(29,30)31)16-34-19-8-10-20(11-9-19)35-26-33-13-12-21(36-26)15-23-25(38)37-27(39)41-23/h3-7,12-15,19-20,34H,2,8-11,16H2,1H3,(H,33,35,36)(H,37,38,39)/b17-3-,23-15-,32-24+/t19-,20-. The molecule has 2 aliphatic rings. The average molecular weight is 587 g/mol. The molecule has 41 heavy (non-hydrogen) atoms. The number of imide groups is 1. The summed E-state index contributed by atoms with van der Waals surface area (Å²) in [4.78, 5) is 36.5. The van der Waals surface area contributed by atoms with Crippen LogP contribution in [-0.2, 0) is 4.79 Å². The normalized spacial score (nSPS) is 21.1. The van der Waals surface area contributed by atoms with Crippen molar-refractivity contribution in [2.45, 2.75) is 51.1 Å². The molecule has 1 saturated carbocycles. The van der Waals surface area contributed by atoms with Crippen molar-refractivity contribution < 1.29 is 27.5 Å². The van der Waals surface area contributed by atoms with E-state index in [9.17, 15) is 22.8 Å². The van der Waals surface area contributed by atoms with Gasteiger partial charge in [-0.25, -0.2) is 9.97 Å². The summed E-state index contributed by atoms with van der Waals surface area (Å²) in [6.45, 7) is 5.99. The molecular weight excluding hydrogens is 557 g/mol. The number of carbonyl (C=O) groups is 2. The number of aliphatic imine (C=N–C) groups is 1. The van der Waals surface area contributed by atoms with Gasteiger partial charge in [-0.15, -0.1) is 13.2 Å². The minimum atomic E-state index is -4.78. The molecule has 9 nitrogen and oxygen atoms in total. The molecule has 4 rings (SSSR count). The number of alkyl halides is 3. The van der Waals surface area contributed by atoms with Crippen LogP contribution in [0.3, 0.4) is 0 Å². The number of benzene rings is 1. The lowest BCUT2D eigenvalue weighted by atomic mass is 9.91. The van der Waals surface area contributed by atoms with Crippen molar-refractivity contribution in [3.63, 3.8) is 0 Å². The van der Waals surface area contributed by atoms with Crippen molar-refractivity contribution in [3.05, 3.63) is 77.1 Å². The van der Waals surface area contributed by atoms with Gasteiger partial charge in [0.1, 0.15) is 5.75 Å². The van der Waals surface area contributed by atoms with Crippen molar-refractivity contribution in [2.24, 2.45) is 4.99 Å². The number of carbonyl (C=O) groups excluding carboxylic acids is 2. The molecule has 0 bridgehead atoms. The highest BCUT2D eigenvalue weighted by atomic mass is 32.2. The summed E-state index contributed by atoms with van der Waals surface area (Å²) in [6, 6.07) is 7.79. The Bertz CT molecular complexity index is 1380. The first kappa shape index (κ1) is 30.0. The summed E-state index contributed by atoms with van der Waals surface area (Å²) in [5.74, 6) is -0.305. The number of amides is 2. The average Bonchev–Trinajstić information content (AvgIpc) is 3.24. The molecule has 2 heterocycles. The number of aromatic nitrogens is 2. The number of ether oxygens (including phenoxy) is 1. The zero-order valence-corrected chi connectivity index (χ0v) is 23.0. The maximum absolute atomic E-state index is 12.7. The first-order valence-electron chi connectivity index (χ1n) is 12.9. The van der Waals surface area contributed by atoms with E-state index in [0.29, 0.717) is 29.5 Å². The minimum absolute atomic E-state index is 0.164. The zero-order valence-electron chi connectivity index (χ0n) is 22.2. The summed E-state index contributed by atoms with van der Waals surface area (Å²) in [7, 11) is 0. The van der Waals surface area contributed by atoms with E-state index in [-0.39, 0.29) is 22.7 Å². The van der Waals surface area contributed by atoms with E-state index in [1.165, 1.54) is 24.4 Å². The van der Waals surface area contributed by atoms with Gasteiger partial charge >= 0.3 is 6.36 Å². The fraction of sp³-hybridized carbons (Fsp3) is 0.321. The fourth-order valence-corrected chi connectivity index (χ4v) is 5.22. The summed E-state index contributed by atoms with van der Waals surface area (Å²) < 4.78 is 42.2. The Labute approximate surface area is 239 Å². The van der Waals surface area contributed by atoms with Gasteiger partial charge < -0.3 is 15.4 Å². The molecule has 0 spiro atoms. The maximum atomic E-state index is 12.7. The molecule has 2 fully saturated rings. The van der Waals surface area contributed by atoms with Crippen molar-refractivity contribution >= 4 is 40.6 Å². The van der Waals surface area contributed by atoms with Gasteiger partial charge in [-0.1, -0.05) is 24.8 Å². The van der Waals surface area contributed by atoms with Crippen LogP contribution in [0.15, 0.2) is 70.9 Å². The molecule has 216 valence electrons. The van der Waals surface area contributed by atoms with Crippen molar-refractivity contribution in [3.8, 4) is 5.75 Å². The third kappa shape index (κ3) is 8.76. The van der Waals surface area contributed by atoms with Gasteiger partial charge in [0.25, 0.3) is 11.1 Å². The fourth-order valence-electron chi connectivity index (χ4n) is 4.55. The van der Waals surface area contributed by atoms with E-state index in [1.54, 1.807) is 24.4 Å². The minimum Gasteiger partial charge on any atom is -0.406 e. The Kier molecular flexibility index (Phi) is 9.95. The van der Waals surface area contributed by atoms with Gasteiger partial charge in [0.15, 0.2) is 0 Å². The highest BCUT2D eigenvalue weighted by Gasteiger charge is 2.31. The number of nitrogens with one attached hydrogen (secondary N) is 3. The van der Waals surface area contributed by atoms with E-state index in [0.717, 1.165) is 43.0 Å². The first-order valence-corrected chi connectivity index (χ1v) is 13.7. The Morgan fingerprint density at radius 3 is 2.63 bits per heavy atom. The molecule has 2 aromatic rings. The molecule has 1 aliphatic carbocycles. The van der Waals surface area contributed by atoms with Crippen LogP contribution < -0.4 is 20.7 Å². The smallest absolute Gasteiger partial charge is 0.406 e. The number of rotatable bonds is 10. The predicted molar refractivity (Wildman–Crippen MR) is 152 cm³/mol. The van der Waals surface area contributed by atoms with Crippen LogP contribution in [0.2, 0.25) is 0 Å². The van der Waals surface area contributed by atoms with E-state index >= 15 is 0 Å². The zero-order chi connectivity index (χ0) is 29.4. The molecule has 1 aromatic heterocycles. The second kappa shape index (κ2) is 13.6. The molecule has 0 unspecified atom stereocenters. The number of hydrogen-bond acceptors (Lipinski definition) is 9. The number of hydrogen-bond donors (Lipinski definition) is 3. The Morgan fingerprint density at radius 2 is 1.98 bits per heavy atom. The van der Waals surface area contributed by atoms with Gasteiger partial charge in [0.2, 0.25) is 5.95 Å². The van der Waals surface area contributed by atoms with Crippen LogP contribution in [0.1, 0.15) is 43.9 Å². The van der Waals surface area contributed by atoms with E-state index in [4.69, 9.17) is 0 Å². The van der Waals surface area contributed by atoms with E-state index < -0.39 is 17.5 Å². The quantitative estimate of drug-likeness (QED) is 0.244. The largest absolute Gasteiger partial charge is 0.573 e. The highest BCUT2D eigenvalue weighted by molar-refractivity contribution is 8.18. The van der Waals surface area contributed by atoms with Gasteiger partial charge in [-0.2, -0.15) is 0 Å². The van der Waals surface area contributed by atoms with Crippen LogP contribution in [-0.4, -0.2) is 51.8 Å². The molecule has 0 radical (unpaired) electrons. The summed E-state index contributed by atoms with van der Waals surface area (Å²) in [6.07, 6.45) is 5.13. The van der Waals surface area contributed by atoms with Gasteiger partial charge in [-0.05, 0) is 74.2 Å². The van der Waals surface area contributed by atoms with E-state index in [2.05, 4.69) is 42.2 Å². The SMILES string of the molecule is C=C/N=C(\C(=C/C)CN[C@H]1CC[C@H](Nc2nccc(/C=C3\SC(=O)NC3=O)n2)CC1)c1cccc(OC(F)(F)F)c1. The molecule has 3 N–H and O–H groups in total. The molecule has 0 atom stereocenters. The summed E-state index contributed by atoms with van der Waals surface area (Å²) in [5, 5.41) is 8.71. The lowest BCUT2D eigenvalue weighted by Crippen LogP contribution is -2.38. The van der Waals surface area contributed by atoms with Crippen molar-refractivity contribution in [1.29, 1.82) is 0 Å². The number of halogens is 3. The number of nitrogens with zero attached hydrogens (tertiary/aromatic N) is 3. The summed E-state index contributed by atoms with van der Waals surface area (Å²) in [5.41, 5.74) is 2.36. The lowest BCUT2D eigenvalue weighted by Gasteiger charge is -2.30. The molecule has 13 heteroatoms. The Hall–Kier alpha value is -3.97. The monoisotopic (exact) mass is 586 g/mol. The Morgan fingerprint density at radius 1 is 1.22 bits per heavy atom. The maximum Gasteiger partial charge on any atom is 0.573 e. The second-order valence-corrected chi connectivity index (χ2v) is 10.3. The van der Waals surface area contributed by atoms with Gasteiger partial charge in [-0.3, -0.25) is 19.9 Å². The molecule has 1 saturated heterocycles. The third-order valence-corrected chi connectivity index (χ3v) is 7.26. The third-order valence-electron chi connectivity index (χ3n) is 6.45. The highest BCUT2D eigenvalue weighted by Crippen LogP contribution is 2.27. The molecule has 1 aromatic carbocycles. The first-order chi connectivity index (χ1) is 19.6. The Balaban J connectivity index is 1.31. The second-order valence-electron chi connectivity index (χ2n) is 9.28. The van der Waals surface area contributed by atoms with Gasteiger partial charge in [0, 0.05) is 36.6 Å². The summed E-state index contributed by atoms with van der Waals surface area (Å²) >= 11 is 0.835. The molecule has 1 aliphatic heterocycles. The predicted octanol–water partition coefficient (Wildman–Crippen LogP) is 5.59.